The molecule has 0 unspecified atom stereocenters. The Kier molecular flexibility index (Phi) is 5.19. The fourth-order valence-corrected chi connectivity index (χ4v) is 2.60. The Morgan fingerprint density at radius 1 is 1.33 bits per heavy atom. The zero-order valence-corrected chi connectivity index (χ0v) is 14.1. The van der Waals surface area contributed by atoms with Crippen LogP contribution in [-0.2, 0) is 0 Å². The van der Waals surface area contributed by atoms with E-state index < -0.39 is 0 Å². The second-order valence-electron chi connectivity index (χ2n) is 5.91. The van der Waals surface area contributed by atoms with Gasteiger partial charge in [0.25, 0.3) is 0 Å². The van der Waals surface area contributed by atoms with E-state index in [0.29, 0.717) is 0 Å². The van der Waals surface area contributed by atoms with E-state index in [9.17, 15) is 0 Å². The second kappa shape index (κ2) is 6.91. The van der Waals surface area contributed by atoms with E-state index in [1.165, 1.54) is 0 Å². The minimum Gasteiger partial charge on any atom is -0.383 e. The average Bonchev–Trinajstić information content (AvgIpc) is 2.46. The van der Waals surface area contributed by atoms with Crippen molar-refractivity contribution in [1.29, 1.82) is 5.26 Å². The molecule has 1 aromatic heterocycles. The van der Waals surface area contributed by atoms with Gasteiger partial charge in [-0.15, -0.1) is 0 Å². The van der Waals surface area contributed by atoms with E-state index in [-0.39, 0.29) is 5.41 Å². The van der Waals surface area contributed by atoms with E-state index in [1.54, 1.807) is 0 Å². The molecule has 0 amide bonds. The SMILES string of the molecule is CC(C)(C#N)CCCCNc1cccc2cc(Br)cnc12. The average molecular weight is 346 g/mol. The monoisotopic (exact) mass is 345 g/mol. The molecule has 2 rings (SSSR count). The topological polar surface area (TPSA) is 48.7 Å². The Balaban J connectivity index is 1.91. The first-order valence-electron chi connectivity index (χ1n) is 7.21. The molecule has 1 aromatic carbocycles. The van der Waals surface area contributed by atoms with Gasteiger partial charge < -0.3 is 5.32 Å². The van der Waals surface area contributed by atoms with Crippen LogP contribution in [0.1, 0.15) is 33.1 Å². The lowest BCUT2D eigenvalue weighted by Gasteiger charge is -2.15. The number of para-hydroxylation sites is 1. The second-order valence-corrected chi connectivity index (χ2v) is 6.83. The molecule has 0 saturated heterocycles. The molecule has 0 bridgehead atoms. The van der Waals surface area contributed by atoms with Crippen molar-refractivity contribution >= 4 is 32.5 Å². The quantitative estimate of drug-likeness (QED) is 0.738. The van der Waals surface area contributed by atoms with E-state index in [2.05, 4.69) is 50.5 Å². The molecule has 0 aliphatic carbocycles. The molecular weight excluding hydrogens is 326 g/mol. The Morgan fingerprint density at radius 2 is 2.14 bits per heavy atom. The maximum Gasteiger partial charge on any atom is 0.0934 e. The number of hydrogen-bond acceptors (Lipinski definition) is 3. The van der Waals surface area contributed by atoms with Crippen molar-refractivity contribution in [1.82, 2.24) is 4.98 Å². The summed E-state index contributed by atoms with van der Waals surface area (Å²) in [6, 6.07) is 10.6. The van der Waals surface area contributed by atoms with Crippen LogP contribution in [0.25, 0.3) is 10.9 Å². The lowest BCUT2D eigenvalue weighted by atomic mass is 9.89. The minimum absolute atomic E-state index is 0.215. The molecule has 2 aromatic rings. The molecule has 1 heterocycles. The lowest BCUT2D eigenvalue weighted by molar-refractivity contribution is 0.430. The van der Waals surface area contributed by atoms with Gasteiger partial charge in [-0.2, -0.15) is 5.26 Å². The highest BCUT2D eigenvalue weighted by Gasteiger charge is 2.15. The van der Waals surface area contributed by atoms with Crippen molar-refractivity contribution in [2.24, 2.45) is 5.41 Å². The van der Waals surface area contributed by atoms with Crippen LogP contribution < -0.4 is 5.32 Å². The van der Waals surface area contributed by atoms with Crippen LogP contribution in [0.5, 0.6) is 0 Å². The van der Waals surface area contributed by atoms with E-state index >= 15 is 0 Å². The molecule has 0 spiro atoms. The van der Waals surface area contributed by atoms with Gasteiger partial charge in [-0.3, -0.25) is 4.98 Å². The number of rotatable bonds is 6. The summed E-state index contributed by atoms with van der Waals surface area (Å²) in [5.74, 6) is 0. The summed E-state index contributed by atoms with van der Waals surface area (Å²) < 4.78 is 0.992. The normalized spacial score (nSPS) is 11.3. The first-order valence-corrected chi connectivity index (χ1v) is 8.00. The van der Waals surface area contributed by atoms with Crippen LogP contribution in [0.15, 0.2) is 34.9 Å². The summed E-state index contributed by atoms with van der Waals surface area (Å²) >= 11 is 3.45. The smallest absolute Gasteiger partial charge is 0.0934 e. The summed E-state index contributed by atoms with van der Waals surface area (Å²) in [7, 11) is 0. The number of anilines is 1. The van der Waals surface area contributed by atoms with Gasteiger partial charge in [-0.1, -0.05) is 18.6 Å². The van der Waals surface area contributed by atoms with Crippen molar-refractivity contribution in [2.75, 3.05) is 11.9 Å². The summed E-state index contributed by atoms with van der Waals surface area (Å²) in [6.07, 6.45) is 4.87. The molecule has 3 nitrogen and oxygen atoms in total. The zero-order valence-electron chi connectivity index (χ0n) is 12.5. The van der Waals surface area contributed by atoms with Gasteiger partial charge in [0.2, 0.25) is 0 Å². The van der Waals surface area contributed by atoms with E-state index in [4.69, 9.17) is 5.26 Å². The van der Waals surface area contributed by atoms with Gasteiger partial charge >= 0.3 is 0 Å². The van der Waals surface area contributed by atoms with Crippen LogP contribution in [-0.4, -0.2) is 11.5 Å². The molecule has 1 N–H and O–H groups in total. The summed E-state index contributed by atoms with van der Waals surface area (Å²) in [5.41, 5.74) is 1.85. The molecule has 0 aliphatic heterocycles. The van der Waals surface area contributed by atoms with Gasteiger partial charge in [0.05, 0.1) is 22.7 Å². The van der Waals surface area contributed by atoms with Crippen LogP contribution in [0.4, 0.5) is 5.69 Å². The van der Waals surface area contributed by atoms with Gasteiger partial charge in [-0.05, 0) is 54.8 Å². The molecule has 0 saturated carbocycles. The van der Waals surface area contributed by atoms with Gasteiger partial charge in [0.15, 0.2) is 0 Å². The maximum absolute atomic E-state index is 8.99. The van der Waals surface area contributed by atoms with Gasteiger partial charge in [0.1, 0.15) is 0 Å². The molecule has 0 aliphatic rings. The Bertz CT molecular complexity index is 659. The number of nitrogens with one attached hydrogen (secondary N) is 1. The molecule has 0 atom stereocenters. The number of fused-ring (bicyclic) bond motifs is 1. The van der Waals surface area contributed by atoms with Crippen molar-refractivity contribution in [2.45, 2.75) is 33.1 Å². The summed E-state index contributed by atoms with van der Waals surface area (Å²) in [6.45, 7) is 4.89. The van der Waals surface area contributed by atoms with Crippen LogP contribution in [0, 0.1) is 16.7 Å². The number of hydrogen-bond donors (Lipinski definition) is 1. The maximum atomic E-state index is 8.99. The van der Waals surface area contributed by atoms with Gasteiger partial charge in [0, 0.05) is 22.6 Å². The zero-order chi connectivity index (χ0) is 15.3. The first-order chi connectivity index (χ1) is 10.0. The van der Waals surface area contributed by atoms with E-state index in [1.807, 2.05) is 26.1 Å². The lowest BCUT2D eigenvalue weighted by Crippen LogP contribution is -2.09. The molecule has 0 fully saturated rings. The fraction of sp³-hybridized carbons (Fsp3) is 0.412. The number of nitriles is 1. The molecular formula is C17H20BrN3. The van der Waals surface area contributed by atoms with Crippen molar-refractivity contribution < 1.29 is 0 Å². The third-order valence-corrected chi connectivity index (χ3v) is 3.96. The third-order valence-electron chi connectivity index (χ3n) is 3.52. The molecule has 0 radical (unpaired) electrons. The Labute approximate surface area is 134 Å². The predicted molar refractivity (Wildman–Crippen MR) is 91.2 cm³/mol. The van der Waals surface area contributed by atoms with Crippen LogP contribution in [0.3, 0.4) is 0 Å². The highest BCUT2D eigenvalue weighted by atomic mass is 79.9. The fourth-order valence-electron chi connectivity index (χ4n) is 2.25. The van der Waals surface area contributed by atoms with Crippen LogP contribution >= 0.6 is 15.9 Å². The van der Waals surface area contributed by atoms with Crippen LogP contribution in [0.2, 0.25) is 0 Å². The molecule has 110 valence electrons. The number of pyridine rings is 1. The Hall–Kier alpha value is -1.60. The largest absolute Gasteiger partial charge is 0.383 e. The third kappa shape index (κ3) is 4.44. The number of halogens is 1. The number of benzene rings is 1. The molecule has 21 heavy (non-hydrogen) atoms. The highest BCUT2D eigenvalue weighted by molar-refractivity contribution is 9.10. The summed E-state index contributed by atoms with van der Waals surface area (Å²) in [5, 5.41) is 13.6. The van der Waals surface area contributed by atoms with E-state index in [0.717, 1.165) is 46.9 Å². The van der Waals surface area contributed by atoms with Crippen molar-refractivity contribution in [3.63, 3.8) is 0 Å². The molecule has 4 heteroatoms. The summed E-state index contributed by atoms with van der Waals surface area (Å²) in [4.78, 5) is 4.48. The highest BCUT2D eigenvalue weighted by Crippen LogP contribution is 2.24. The minimum atomic E-state index is -0.215. The Morgan fingerprint density at radius 3 is 2.90 bits per heavy atom. The first kappa shape index (κ1) is 15.8. The standard InChI is InChI=1S/C17H20BrN3/c1-17(2,12-19)8-3-4-9-20-15-7-5-6-13-10-14(18)11-21-16(13)15/h5-7,10-11,20H,3-4,8-9H2,1-2H3. The number of unbranched alkanes of at least 4 members (excludes halogenated alkanes) is 1. The number of aromatic nitrogens is 1. The van der Waals surface area contributed by atoms with Crippen molar-refractivity contribution in [3.05, 3.63) is 34.9 Å². The predicted octanol–water partition coefficient (Wildman–Crippen LogP) is 5.13. The number of nitrogens with zero attached hydrogens (tertiary/aromatic N) is 2. The van der Waals surface area contributed by atoms with Gasteiger partial charge in [-0.25, -0.2) is 0 Å². The van der Waals surface area contributed by atoms with Crippen molar-refractivity contribution in [3.8, 4) is 6.07 Å².